The quantitative estimate of drug-likeness (QED) is 0.531. The van der Waals surface area contributed by atoms with Gasteiger partial charge in [-0.2, -0.15) is 0 Å². The summed E-state index contributed by atoms with van der Waals surface area (Å²) in [5, 5.41) is 0. The van der Waals surface area contributed by atoms with Crippen molar-refractivity contribution in [1.82, 2.24) is 0 Å². The summed E-state index contributed by atoms with van der Waals surface area (Å²) in [6.45, 7) is 10.4. The summed E-state index contributed by atoms with van der Waals surface area (Å²) in [5.74, 6) is 0. The molecule has 0 aliphatic rings. The third kappa shape index (κ3) is 9.48. The zero-order valence-electron chi connectivity index (χ0n) is 8.65. The van der Waals surface area contributed by atoms with Crippen LogP contribution in [0.4, 0.5) is 0 Å². The van der Waals surface area contributed by atoms with Crippen LogP contribution in [-0.4, -0.2) is 0 Å². The van der Waals surface area contributed by atoms with Gasteiger partial charge in [-0.15, -0.1) is 0 Å². The Morgan fingerprint density at radius 3 is 2.00 bits per heavy atom. The van der Waals surface area contributed by atoms with Gasteiger partial charge < -0.3 is 0 Å². The van der Waals surface area contributed by atoms with Crippen molar-refractivity contribution >= 4 is 0 Å². The van der Waals surface area contributed by atoms with Crippen molar-refractivity contribution in [2.45, 2.75) is 47.5 Å². The molecule has 0 heterocycles. The van der Waals surface area contributed by atoms with E-state index in [9.17, 15) is 0 Å². The van der Waals surface area contributed by atoms with E-state index in [0.717, 1.165) is 12.8 Å². The topological polar surface area (TPSA) is 0 Å². The molecular formula is C11H22. The Morgan fingerprint density at radius 1 is 1.18 bits per heavy atom. The van der Waals surface area contributed by atoms with Crippen LogP contribution >= 0.6 is 0 Å². The normalized spacial score (nSPS) is 11.2. The molecule has 0 radical (unpaired) electrons. The molecule has 0 bridgehead atoms. The molecule has 0 aliphatic heterocycles. The van der Waals surface area contributed by atoms with Crippen LogP contribution in [0, 0.1) is 0 Å². The number of allylic oxidation sites excluding steroid dienone is 4. The van der Waals surface area contributed by atoms with Crippen molar-refractivity contribution in [2.24, 2.45) is 0 Å². The van der Waals surface area contributed by atoms with Crippen molar-refractivity contribution in [3.05, 3.63) is 23.8 Å². The molecule has 0 atom stereocenters. The molecule has 0 saturated heterocycles. The van der Waals surface area contributed by atoms with E-state index >= 15 is 0 Å². The summed E-state index contributed by atoms with van der Waals surface area (Å²) >= 11 is 0. The van der Waals surface area contributed by atoms with Gasteiger partial charge in [-0.25, -0.2) is 0 Å². The highest BCUT2D eigenvalue weighted by molar-refractivity contribution is 5.16. The fourth-order valence-electron chi connectivity index (χ4n) is 0.806. The standard InChI is InChI=1S/C9H16.C2H6/c1-4-7-9(6-3)8-5-2;1-2/h4,7-8H,5-6H2,1-3H3;1-2H3/b7-4-,9-8-;. The molecule has 0 unspecified atom stereocenters. The second-order valence-electron chi connectivity index (χ2n) is 2.04. The molecule has 0 amide bonds. The molecule has 0 aromatic carbocycles. The summed E-state index contributed by atoms with van der Waals surface area (Å²) in [5.41, 5.74) is 1.44. The molecule has 66 valence electrons. The SMILES string of the molecule is C/C=C\C(=C/CC)CC.CC. The minimum absolute atomic E-state index is 1.15. The Balaban J connectivity index is 0. The smallest absolute Gasteiger partial charge is 0.0311 e. The van der Waals surface area contributed by atoms with E-state index in [2.05, 4.69) is 39.0 Å². The first-order valence-corrected chi connectivity index (χ1v) is 4.66. The zero-order valence-corrected chi connectivity index (χ0v) is 8.65. The number of rotatable bonds is 3. The lowest BCUT2D eigenvalue weighted by atomic mass is 10.1. The molecule has 0 N–H and O–H groups in total. The lowest BCUT2D eigenvalue weighted by Gasteiger charge is -1.92. The van der Waals surface area contributed by atoms with Crippen molar-refractivity contribution in [3.63, 3.8) is 0 Å². The van der Waals surface area contributed by atoms with Gasteiger partial charge in [-0.3, -0.25) is 0 Å². The maximum Gasteiger partial charge on any atom is -0.0311 e. The maximum atomic E-state index is 2.26. The first-order valence-electron chi connectivity index (χ1n) is 4.66. The second-order valence-corrected chi connectivity index (χ2v) is 2.04. The van der Waals surface area contributed by atoms with Crippen LogP contribution in [0.3, 0.4) is 0 Å². The van der Waals surface area contributed by atoms with E-state index in [1.165, 1.54) is 5.57 Å². The van der Waals surface area contributed by atoms with Gasteiger partial charge in [0.1, 0.15) is 0 Å². The van der Waals surface area contributed by atoms with E-state index in [4.69, 9.17) is 0 Å². The van der Waals surface area contributed by atoms with Gasteiger partial charge >= 0.3 is 0 Å². The van der Waals surface area contributed by atoms with E-state index in [-0.39, 0.29) is 0 Å². The highest BCUT2D eigenvalue weighted by atomic mass is 13.9. The minimum Gasteiger partial charge on any atom is -0.0874 e. The molecule has 0 aliphatic carbocycles. The Morgan fingerprint density at radius 2 is 1.73 bits per heavy atom. The first-order chi connectivity index (χ1) is 5.35. The third-order valence-electron chi connectivity index (χ3n) is 1.26. The first kappa shape index (κ1) is 13.1. The number of hydrogen-bond acceptors (Lipinski definition) is 0. The van der Waals surface area contributed by atoms with Gasteiger partial charge in [0.05, 0.1) is 0 Å². The largest absolute Gasteiger partial charge is 0.0874 e. The van der Waals surface area contributed by atoms with E-state index in [0.29, 0.717) is 0 Å². The molecule has 0 heteroatoms. The van der Waals surface area contributed by atoms with Crippen molar-refractivity contribution < 1.29 is 0 Å². The molecule has 0 aromatic heterocycles. The molecule has 0 aromatic rings. The van der Waals surface area contributed by atoms with Crippen LogP contribution in [-0.2, 0) is 0 Å². The molecule has 0 spiro atoms. The van der Waals surface area contributed by atoms with Crippen LogP contribution in [0.2, 0.25) is 0 Å². The lowest BCUT2D eigenvalue weighted by molar-refractivity contribution is 1.10. The van der Waals surface area contributed by atoms with Crippen LogP contribution in [0.1, 0.15) is 47.5 Å². The molecule has 0 nitrogen and oxygen atoms in total. The summed E-state index contributed by atoms with van der Waals surface area (Å²) in [4.78, 5) is 0. The van der Waals surface area contributed by atoms with E-state index in [1.807, 2.05) is 13.8 Å². The molecule has 11 heavy (non-hydrogen) atoms. The fourth-order valence-corrected chi connectivity index (χ4v) is 0.806. The van der Waals surface area contributed by atoms with Gasteiger partial charge in [0, 0.05) is 0 Å². The van der Waals surface area contributed by atoms with Crippen LogP contribution < -0.4 is 0 Å². The summed E-state index contributed by atoms with van der Waals surface area (Å²) in [6, 6.07) is 0. The maximum absolute atomic E-state index is 2.26. The predicted octanol–water partition coefficient (Wildman–Crippen LogP) is 4.34. The Labute approximate surface area is 72.0 Å². The molecule has 0 saturated carbocycles. The van der Waals surface area contributed by atoms with Gasteiger partial charge in [0.2, 0.25) is 0 Å². The highest BCUT2D eigenvalue weighted by Gasteiger charge is 1.82. The third-order valence-corrected chi connectivity index (χ3v) is 1.26. The van der Waals surface area contributed by atoms with E-state index in [1.54, 1.807) is 0 Å². The van der Waals surface area contributed by atoms with Gasteiger partial charge in [-0.1, -0.05) is 51.5 Å². The Bertz CT molecular complexity index is 107. The van der Waals surface area contributed by atoms with Crippen LogP contribution in [0.5, 0.6) is 0 Å². The summed E-state index contributed by atoms with van der Waals surface area (Å²) in [7, 11) is 0. The zero-order chi connectivity index (χ0) is 9.11. The van der Waals surface area contributed by atoms with Gasteiger partial charge in [-0.05, 0) is 19.8 Å². The highest BCUT2D eigenvalue weighted by Crippen LogP contribution is 2.02. The fraction of sp³-hybridized carbons (Fsp3) is 0.636. The Kier molecular flexibility index (Phi) is 14.5. The minimum atomic E-state index is 1.15. The molecule has 0 rings (SSSR count). The van der Waals surface area contributed by atoms with Crippen LogP contribution in [0.15, 0.2) is 23.8 Å². The van der Waals surface area contributed by atoms with Gasteiger partial charge in [0.25, 0.3) is 0 Å². The monoisotopic (exact) mass is 154 g/mol. The van der Waals surface area contributed by atoms with Crippen molar-refractivity contribution in [2.75, 3.05) is 0 Å². The van der Waals surface area contributed by atoms with Crippen molar-refractivity contribution in [3.8, 4) is 0 Å². The summed E-state index contributed by atoms with van der Waals surface area (Å²) in [6.07, 6.45) is 8.82. The molecular weight excluding hydrogens is 132 g/mol. The predicted molar refractivity (Wildman–Crippen MR) is 54.8 cm³/mol. The Hall–Kier alpha value is -0.520. The molecule has 0 fully saturated rings. The summed E-state index contributed by atoms with van der Waals surface area (Å²) < 4.78 is 0. The second kappa shape index (κ2) is 12.2. The average molecular weight is 154 g/mol. The van der Waals surface area contributed by atoms with E-state index < -0.39 is 0 Å². The van der Waals surface area contributed by atoms with Crippen LogP contribution in [0.25, 0.3) is 0 Å². The average Bonchev–Trinajstić information content (AvgIpc) is 2.08. The number of hydrogen-bond donors (Lipinski definition) is 0. The lowest BCUT2D eigenvalue weighted by Crippen LogP contribution is -1.72. The van der Waals surface area contributed by atoms with Gasteiger partial charge in [0.15, 0.2) is 0 Å². The van der Waals surface area contributed by atoms with Crippen molar-refractivity contribution in [1.29, 1.82) is 0 Å².